The molecule has 0 aliphatic carbocycles. The normalized spacial score (nSPS) is 17.0. The van der Waals surface area contributed by atoms with Gasteiger partial charge in [-0.1, -0.05) is 74.5 Å². The Hall–Kier alpha value is -2.84. The van der Waals surface area contributed by atoms with Crippen LogP contribution in [0.2, 0.25) is 0 Å². The van der Waals surface area contributed by atoms with E-state index in [0.717, 1.165) is 12.0 Å². The summed E-state index contributed by atoms with van der Waals surface area (Å²) in [5.41, 5.74) is 2.22. The number of hydrogen-bond acceptors (Lipinski definition) is 5. The molecule has 2 aromatic carbocycles. The van der Waals surface area contributed by atoms with Crippen LogP contribution >= 0.6 is 11.8 Å². The number of likely N-dealkylation sites (N-methyl/N-ethyl adjacent to an activating group) is 1. The van der Waals surface area contributed by atoms with Gasteiger partial charge >= 0.3 is 0 Å². The van der Waals surface area contributed by atoms with Gasteiger partial charge < -0.3 is 20.4 Å². The van der Waals surface area contributed by atoms with Crippen molar-refractivity contribution in [1.29, 1.82) is 0 Å². The van der Waals surface area contributed by atoms with Crippen molar-refractivity contribution < 1.29 is 14.4 Å². The summed E-state index contributed by atoms with van der Waals surface area (Å²) in [6.07, 6.45) is 0.736. The van der Waals surface area contributed by atoms with Crippen molar-refractivity contribution in [2.75, 3.05) is 25.2 Å². The first-order chi connectivity index (χ1) is 17.3. The molecule has 3 amide bonds. The molecule has 1 heterocycles. The number of benzene rings is 2. The Morgan fingerprint density at radius 1 is 1.00 bits per heavy atom. The first-order valence-electron chi connectivity index (χ1n) is 12.5. The zero-order chi connectivity index (χ0) is 26.1. The van der Waals surface area contributed by atoms with Crippen LogP contribution in [0.5, 0.6) is 0 Å². The molecular formula is C28H38N4O3S. The minimum atomic E-state index is -0.686. The predicted molar refractivity (Wildman–Crippen MR) is 145 cm³/mol. The lowest BCUT2D eigenvalue weighted by Gasteiger charge is -2.33. The van der Waals surface area contributed by atoms with E-state index >= 15 is 0 Å². The van der Waals surface area contributed by atoms with Crippen LogP contribution in [0.25, 0.3) is 0 Å². The number of hydrogen-bond donors (Lipinski definition) is 2. The highest BCUT2D eigenvalue weighted by Crippen LogP contribution is 2.25. The highest BCUT2D eigenvalue weighted by molar-refractivity contribution is 7.99. The van der Waals surface area contributed by atoms with Gasteiger partial charge in [0.15, 0.2) is 0 Å². The molecule has 0 saturated carbocycles. The Morgan fingerprint density at radius 3 is 2.19 bits per heavy atom. The minimum absolute atomic E-state index is 0.0504. The molecular weight excluding hydrogens is 472 g/mol. The van der Waals surface area contributed by atoms with E-state index < -0.39 is 18.1 Å². The number of nitrogens with one attached hydrogen (secondary N) is 2. The number of rotatable bonds is 11. The molecule has 0 aromatic heterocycles. The molecule has 0 bridgehead atoms. The van der Waals surface area contributed by atoms with Gasteiger partial charge in [-0.25, -0.2) is 0 Å². The van der Waals surface area contributed by atoms with Crippen molar-refractivity contribution in [3.05, 3.63) is 71.8 Å². The molecule has 1 aliphatic heterocycles. The largest absolute Gasteiger partial charge is 0.343 e. The topological polar surface area (TPSA) is 81.8 Å². The van der Waals surface area contributed by atoms with Gasteiger partial charge in [0.2, 0.25) is 17.7 Å². The molecule has 2 N–H and O–H groups in total. The first-order valence-corrected chi connectivity index (χ1v) is 13.7. The summed E-state index contributed by atoms with van der Waals surface area (Å²) in [5, 5.41) is 5.80. The lowest BCUT2D eigenvalue weighted by atomic mass is 10.0. The average molecular weight is 511 g/mol. The standard InChI is InChI=1S/C28H38N4O3S/c1-20(2)25(30-26(33)21(3)29-4)28(35)32-19-36-18-24(32)27(34)31(17-23-13-9-6-10-14-23)16-15-22-11-7-5-8-12-22/h5-14,20-21,24-25,29H,15-19H2,1-4H3,(H,30,33)/t21-,24-,25-/m0/s1. The summed E-state index contributed by atoms with van der Waals surface area (Å²) in [4.78, 5) is 43.5. The van der Waals surface area contributed by atoms with E-state index in [4.69, 9.17) is 0 Å². The minimum Gasteiger partial charge on any atom is -0.343 e. The lowest BCUT2D eigenvalue weighted by Crippen LogP contribution is -2.58. The highest BCUT2D eigenvalue weighted by atomic mass is 32.2. The number of thioether (sulfide) groups is 1. The maximum Gasteiger partial charge on any atom is 0.246 e. The number of carbonyl (C=O) groups excluding carboxylic acids is 3. The van der Waals surface area contributed by atoms with Crippen LogP contribution in [0.3, 0.4) is 0 Å². The summed E-state index contributed by atoms with van der Waals surface area (Å²) >= 11 is 1.58. The third kappa shape index (κ3) is 7.34. The van der Waals surface area contributed by atoms with Crippen LogP contribution < -0.4 is 10.6 Å². The molecule has 8 heteroatoms. The number of carbonyl (C=O) groups is 3. The molecule has 7 nitrogen and oxygen atoms in total. The van der Waals surface area contributed by atoms with E-state index in [1.807, 2.05) is 67.3 Å². The molecule has 0 radical (unpaired) electrons. The second-order valence-electron chi connectivity index (χ2n) is 9.55. The third-order valence-corrected chi connectivity index (χ3v) is 7.56. The SMILES string of the molecule is CN[C@@H](C)C(=O)N[C@H](C(=O)N1CSC[C@H]1C(=O)N(CCc1ccccc1)Cc1ccccc1)C(C)C. The molecule has 1 fully saturated rings. The van der Waals surface area contributed by atoms with E-state index in [1.54, 1.807) is 30.6 Å². The van der Waals surface area contributed by atoms with E-state index in [0.29, 0.717) is 24.7 Å². The van der Waals surface area contributed by atoms with Crippen molar-refractivity contribution in [3.8, 4) is 0 Å². The van der Waals surface area contributed by atoms with Crippen LogP contribution in [-0.2, 0) is 27.3 Å². The predicted octanol–water partition coefficient (Wildman–Crippen LogP) is 2.91. The Kier molecular flexibility index (Phi) is 10.4. The van der Waals surface area contributed by atoms with Crippen LogP contribution in [-0.4, -0.2) is 70.9 Å². The molecule has 36 heavy (non-hydrogen) atoms. The highest BCUT2D eigenvalue weighted by Gasteiger charge is 2.40. The van der Waals surface area contributed by atoms with Gasteiger partial charge in [-0.2, -0.15) is 0 Å². The van der Waals surface area contributed by atoms with Crippen molar-refractivity contribution >= 4 is 29.5 Å². The van der Waals surface area contributed by atoms with Gasteiger partial charge in [-0.05, 0) is 37.4 Å². The molecule has 0 unspecified atom stereocenters. The summed E-state index contributed by atoms with van der Waals surface area (Å²) in [6.45, 7) is 6.62. The lowest BCUT2D eigenvalue weighted by molar-refractivity contribution is -0.146. The zero-order valence-electron chi connectivity index (χ0n) is 21.6. The average Bonchev–Trinajstić information content (AvgIpc) is 3.39. The second kappa shape index (κ2) is 13.5. The van der Waals surface area contributed by atoms with Crippen molar-refractivity contribution in [1.82, 2.24) is 20.4 Å². The van der Waals surface area contributed by atoms with E-state index in [1.165, 1.54) is 5.56 Å². The van der Waals surface area contributed by atoms with Gasteiger partial charge in [-0.3, -0.25) is 14.4 Å². The Balaban J connectivity index is 1.78. The van der Waals surface area contributed by atoms with Gasteiger partial charge in [0, 0.05) is 18.8 Å². The van der Waals surface area contributed by atoms with Gasteiger partial charge in [0.05, 0.1) is 11.9 Å². The first kappa shape index (κ1) is 27.7. The van der Waals surface area contributed by atoms with Gasteiger partial charge in [-0.15, -0.1) is 11.8 Å². The quantitative estimate of drug-likeness (QED) is 0.486. The number of amides is 3. The fraction of sp³-hybridized carbons (Fsp3) is 0.464. The third-order valence-electron chi connectivity index (χ3n) is 6.55. The fourth-order valence-electron chi connectivity index (χ4n) is 4.16. The monoisotopic (exact) mass is 510 g/mol. The van der Waals surface area contributed by atoms with Gasteiger partial charge in [0.1, 0.15) is 12.1 Å². The molecule has 1 saturated heterocycles. The number of nitrogens with zero attached hydrogens (tertiary/aromatic N) is 2. The summed E-state index contributed by atoms with van der Waals surface area (Å²) in [5.74, 6) is 0.400. The maximum absolute atomic E-state index is 13.9. The van der Waals surface area contributed by atoms with Gasteiger partial charge in [0.25, 0.3) is 0 Å². The molecule has 194 valence electrons. The van der Waals surface area contributed by atoms with E-state index in [-0.39, 0.29) is 23.6 Å². The second-order valence-corrected chi connectivity index (χ2v) is 10.5. The Labute approximate surface area is 219 Å². The van der Waals surface area contributed by atoms with Crippen LogP contribution in [0, 0.1) is 5.92 Å². The van der Waals surface area contributed by atoms with Crippen LogP contribution in [0.15, 0.2) is 60.7 Å². The Morgan fingerprint density at radius 2 is 1.61 bits per heavy atom. The Bertz CT molecular complexity index is 1000. The van der Waals surface area contributed by atoms with E-state index in [2.05, 4.69) is 22.8 Å². The van der Waals surface area contributed by atoms with Crippen LogP contribution in [0.4, 0.5) is 0 Å². The molecule has 3 rings (SSSR count). The summed E-state index contributed by atoms with van der Waals surface area (Å²) in [6, 6.07) is 18.4. The summed E-state index contributed by atoms with van der Waals surface area (Å²) < 4.78 is 0. The smallest absolute Gasteiger partial charge is 0.246 e. The van der Waals surface area contributed by atoms with Crippen LogP contribution in [0.1, 0.15) is 31.9 Å². The van der Waals surface area contributed by atoms with Crippen molar-refractivity contribution in [2.24, 2.45) is 5.92 Å². The maximum atomic E-state index is 13.9. The van der Waals surface area contributed by atoms with Crippen molar-refractivity contribution in [2.45, 2.75) is 51.9 Å². The molecule has 3 atom stereocenters. The summed E-state index contributed by atoms with van der Waals surface area (Å²) in [7, 11) is 1.71. The molecule has 2 aromatic rings. The van der Waals surface area contributed by atoms with E-state index in [9.17, 15) is 14.4 Å². The molecule has 0 spiro atoms. The zero-order valence-corrected chi connectivity index (χ0v) is 22.5. The van der Waals surface area contributed by atoms with Crippen molar-refractivity contribution in [3.63, 3.8) is 0 Å². The fourth-order valence-corrected chi connectivity index (χ4v) is 5.31. The molecule has 1 aliphatic rings.